The molecule has 1 saturated heterocycles. The fourth-order valence-electron chi connectivity index (χ4n) is 3.84. The molecule has 2 aliphatic rings. The van der Waals surface area contributed by atoms with E-state index in [1.54, 1.807) is 0 Å². The Hall–Kier alpha value is -1.32. The third kappa shape index (κ3) is 2.46. The van der Waals surface area contributed by atoms with Gasteiger partial charge in [0.15, 0.2) is 0 Å². The molecule has 2 nitrogen and oxygen atoms in total. The van der Waals surface area contributed by atoms with Crippen molar-refractivity contribution in [1.82, 2.24) is 0 Å². The number of rotatable bonds is 1. The fourth-order valence-corrected chi connectivity index (χ4v) is 4.21. The van der Waals surface area contributed by atoms with Gasteiger partial charge in [-0.1, -0.05) is 45.8 Å². The summed E-state index contributed by atoms with van der Waals surface area (Å²) < 4.78 is 7.30. The van der Waals surface area contributed by atoms with Crippen molar-refractivity contribution < 1.29 is 4.74 Å². The number of anilines is 1. The molecular weight excluding hydrogens is 338 g/mol. The van der Waals surface area contributed by atoms with Crippen LogP contribution >= 0.6 is 15.9 Å². The molecule has 0 bridgehead atoms. The maximum absolute atomic E-state index is 6.18. The number of fused-ring (bicyclic) bond motifs is 3. The molecule has 3 heteroatoms. The summed E-state index contributed by atoms with van der Waals surface area (Å²) in [6.45, 7) is 3.03. The second kappa shape index (κ2) is 5.71. The second-order valence-corrected chi connectivity index (χ2v) is 7.28. The zero-order valence-electron chi connectivity index (χ0n) is 12.7. The SMILES string of the molecule is Cc1cccc([C@@H]2Nc3ccc(Br)cc3[C@@H]3OCCC[C@@H]23)c1. The number of hydrogen-bond donors (Lipinski definition) is 1. The second-order valence-electron chi connectivity index (χ2n) is 6.37. The number of halogens is 1. The summed E-state index contributed by atoms with van der Waals surface area (Å²) in [5, 5.41) is 3.77. The van der Waals surface area contributed by atoms with Gasteiger partial charge < -0.3 is 10.1 Å². The van der Waals surface area contributed by atoms with Crippen LogP contribution in [0, 0.1) is 12.8 Å². The average Bonchev–Trinajstić information content (AvgIpc) is 2.54. The van der Waals surface area contributed by atoms with Crippen LogP contribution in [0.25, 0.3) is 0 Å². The Kier molecular flexibility index (Phi) is 3.71. The first-order valence-corrected chi connectivity index (χ1v) is 8.76. The highest BCUT2D eigenvalue weighted by Gasteiger charge is 2.39. The zero-order valence-corrected chi connectivity index (χ0v) is 14.3. The molecule has 0 saturated carbocycles. The molecule has 2 heterocycles. The lowest BCUT2D eigenvalue weighted by atomic mass is 9.77. The van der Waals surface area contributed by atoms with E-state index >= 15 is 0 Å². The molecule has 114 valence electrons. The van der Waals surface area contributed by atoms with Gasteiger partial charge in [-0.15, -0.1) is 0 Å². The molecular formula is C19H20BrNO. The van der Waals surface area contributed by atoms with Crippen LogP contribution < -0.4 is 5.32 Å². The van der Waals surface area contributed by atoms with E-state index in [4.69, 9.17) is 4.74 Å². The Bertz CT molecular complexity index is 700. The molecule has 0 aromatic heterocycles. The van der Waals surface area contributed by atoms with E-state index in [1.807, 2.05) is 0 Å². The highest BCUT2D eigenvalue weighted by Crippen LogP contribution is 2.49. The van der Waals surface area contributed by atoms with Gasteiger partial charge in [-0.2, -0.15) is 0 Å². The van der Waals surface area contributed by atoms with Crippen molar-refractivity contribution >= 4 is 21.6 Å². The van der Waals surface area contributed by atoms with Crippen LogP contribution in [0.3, 0.4) is 0 Å². The van der Waals surface area contributed by atoms with Crippen LogP contribution in [0.5, 0.6) is 0 Å². The Labute approximate surface area is 140 Å². The summed E-state index contributed by atoms with van der Waals surface area (Å²) >= 11 is 3.59. The van der Waals surface area contributed by atoms with Gasteiger partial charge in [-0.25, -0.2) is 0 Å². The normalized spacial score (nSPS) is 26.7. The molecule has 4 rings (SSSR count). The maximum atomic E-state index is 6.18. The minimum atomic E-state index is 0.202. The topological polar surface area (TPSA) is 21.3 Å². The summed E-state index contributed by atoms with van der Waals surface area (Å²) in [5.41, 5.74) is 5.18. The highest BCUT2D eigenvalue weighted by molar-refractivity contribution is 9.10. The summed E-state index contributed by atoms with van der Waals surface area (Å²) in [6.07, 6.45) is 2.56. The van der Waals surface area contributed by atoms with Crippen molar-refractivity contribution in [3.8, 4) is 0 Å². The lowest BCUT2D eigenvalue weighted by molar-refractivity contribution is -0.0381. The van der Waals surface area contributed by atoms with Gasteiger partial charge in [0.2, 0.25) is 0 Å². The fraction of sp³-hybridized carbons (Fsp3) is 0.368. The Balaban J connectivity index is 1.79. The molecule has 0 aliphatic carbocycles. The third-order valence-electron chi connectivity index (χ3n) is 4.83. The first-order valence-electron chi connectivity index (χ1n) is 7.96. The van der Waals surface area contributed by atoms with E-state index in [2.05, 4.69) is 70.6 Å². The molecule has 2 aromatic carbocycles. The highest BCUT2D eigenvalue weighted by atomic mass is 79.9. The lowest BCUT2D eigenvalue weighted by Crippen LogP contribution is -2.36. The van der Waals surface area contributed by atoms with Crippen molar-refractivity contribution in [2.75, 3.05) is 11.9 Å². The summed E-state index contributed by atoms with van der Waals surface area (Å²) in [4.78, 5) is 0. The Morgan fingerprint density at radius 3 is 2.95 bits per heavy atom. The standard InChI is InChI=1S/C19H20BrNO/c1-12-4-2-5-13(10-12)18-15-6-3-9-22-19(15)16-11-14(20)7-8-17(16)21-18/h2,4-5,7-8,10-11,15,18-19,21H,3,6,9H2,1H3/t15-,18-,19+/m0/s1. The number of nitrogens with one attached hydrogen (secondary N) is 1. The van der Waals surface area contributed by atoms with Crippen molar-refractivity contribution in [3.63, 3.8) is 0 Å². The van der Waals surface area contributed by atoms with Gasteiger partial charge in [0.25, 0.3) is 0 Å². The van der Waals surface area contributed by atoms with E-state index in [9.17, 15) is 0 Å². The van der Waals surface area contributed by atoms with Crippen LogP contribution in [-0.4, -0.2) is 6.61 Å². The molecule has 2 aliphatic heterocycles. The Morgan fingerprint density at radius 2 is 2.09 bits per heavy atom. The first kappa shape index (κ1) is 14.3. The van der Waals surface area contributed by atoms with Gasteiger partial charge in [-0.05, 0) is 43.5 Å². The predicted octanol–water partition coefficient (Wildman–Crippen LogP) is 5.39. The number of benzene rings is 2. The Morgan fingerprint density at radius 1 is 1.18 bits per heavy atom. The average molecular weight is 358 g/mol. The zero-order chi connectivity index (χ0) is 15.1. The molecule has 0 radical (unpaired) electrons. The predicted molar refractivity (Wildman–Crippen MR) is 93.1 cm³/mol. The van der Waals surface area contributed by atoms with E-state index in [-0.39, 0.29) is 6.10 Å². The van der Waals surface area contributed by atoms with Crippen LogP contribution in [-0.2, 0) is 4.74 Å². The minimum Gasteiger partial charge on any atom is -0.378 e. The molecule has 0 spiro atoms. The van der Waals surface area contributed by atoms with Crippen molar-refractivity contribution in [1.29, 1.82) is 0 Å². The van der Waals surface area contributed by atoms with Crippen LogP contribution in [0.1, 0.15) is 41.7 Å². The van der Waals surface area contributed by atoms with Gasteiger partial charge in [-0.3, -0.25) is 0 Å². The molecule has 1 fully saturated rings. The number of aryl methyl sites for hydroxylation is 1. The lowest BCUT2D eigenvalue weighted by Gasteiger charge is -2.43. The van der Waals surface area contributed by atoms with Crippen LogP contribution in [0.4, 0.5) is 5.69 Å². The molecule has 3 atom stereocenters. The van der Waals surface area contributed by atoms with Crippen LogP contribution in [0.2, 0.25) is 0 Å². The van der Waals surface area contributed by atoms with Gasteiger partial charge in [0.05, 0.1) is 12.1 Å². The van der Waals surface area contributed by atoms with Crippen molar-refractivity contribution in [2.24, 2.45) is 5.92 Å². The van der Waals surface area contributed by atoms with Gasteiger partial charge >= 0.3 is 0 Å². The largest absolute Gasteiger partial charge is 0.378 e. The number of ether oxygens (including phenoxy) is 1. The first-order chi connectivity index (χ1) is 10.7. The minimum absolute atomic E-state index is 0.202. The van der Waals surface area contributed by atoms with Crippen molar-refractivity contribution in [2.45, 2.75) is 31.9 Å². The third-order valence-corrected chi connectivity index (χ3v) is 5.32. The quantitative estimate of drug-likeness (QED) is 0.738. The molecule has 0 unspecified atom stereocenters. The molecule has 0 amide bonds. The smallest absolute Gasteiger partial charge is 0.0896 e. The van der Waals surface area contributed by atoms with E-state index < -0.39 is 0 Å². The molecule has 22 heavy (non-hydrogen) atoms. The van der Waals surface area contributed by atoms with Crippen LogP contribution in [0.15, 0.2) is 46.9 Å². The van der Waals surface area contributed by atoms with E-state index in [0.717, 1.165) is 17.5 Å². The van der Waals surface area contributed by atoms with E-state index in [0.29, 0.717) is 12.0 Å². The summed E-state index contributed by atoms with van der Waals surface area (Å²) in [7, 11) is 0. The summed E-state index contributed by atoms with van der Waals surface area (Å²) in [6, 6.07) is 15.6. The number of hydrogen-bond acceptors (Lipinski definition) is 2. The monoisotopic (exact) mass is 357 g/mol. The maximum Gasteiger partial charge on any atom is 0.0896 e. The summed E-state index contributed by atoms with van der Waals surface area (Å²) in [5.74, 6) is 0.498. The van der Waals surface area contributed by atoms with Gasteiger partial charge in [0, 0.05) is 28.2 Å². The molecule has 2 aromatic rings. The molecule has 1 N–H and O–H groups in total. The van der Waals surface area contributed by atoms with Gasteiger partial charge in [0.1, 0.15) is 0 Å². The van der Waals surface area contributed by atoms with Crippen molar-refractivity contribution in [3.05, 3.63) is 63.6 Å². The van der Waals surface area contributed by atoms with E-state index in [1.165, 1.54) is 28.8 Å².